The lowest BCUT2D eigenvalue weighted by molar-refractivity contribution is 0.954. The summed E-state index contributed by atoms with van der Waals surface area (Å²) in [6, 6.07) is 1.83. The lowest BCUT2D eigenvalue weighted by atomic mass is 10.4. The molecule has 0 saturated heterocycles. The van der Waals surface area contributed by atoms with Gasteiger partial charge in [0.15, 0.2) is 0 Å². The van der Waals surface area contributed by atoms with Gasteiger partial charge < -0.3 is 0 Å². The van der Waals surface area contributed by atoms with E-state index >= 15 is 0 Å². The van der Waals surface area contributed by atoms with E-state index in [1.807, 2.05) is 12.3 Å². The first-order chi connectivity index (χ1) is 5.42. The predicted octanol–water partition coefficient (Wildman–Crippen LogP) is 1.07. The minimum absolute atomic E-state index is 0.847. The third-order valence-electron chi connectivity index (χ3n) is 1.39. The standard InChI is InChI=1S/C6H6N4S/c1-11-6-5-4(2-3-7-6)8-10-9-5/h2-3H,1H3,(H,8,9,10). The highest BCUT2D eigenvalue weighted by Gasteiger charge is 2.02. The van der Waals surface area contributed by atoms with Gasteiger partial charge in [0, 0.05) is 6.20 Å². The number of nitrogens with zero attached hydrogens (tertiary/aromatic N) is 3. The number of pyridine rings is 1. The zero-order chi connectivity index (χ0) is 7.68. The van der Waals surface area contributed by atoms with Gasteiger partial charge in [0.05, 0.1) is 0 Å². The maximum Gasteiger partial charge on any atom is 0.145 e. The summed E-state index contributed by atoms with van der Waals surface area (Å²) in [4.78, 5) is 4.14. The Morgan fingerprint density at radius 1 is 1.45 bits per heavy atom. The molecule has 0 aliphatic carbocycles. The lowest BCUT2D eigenvalue weighted by Crippen LogP contribution is -1.79. The van der Waals surface area contributed by atoms with Gasteiger partial charge in [0.2, 0.25) is 0 Å². The molecule has 2 aromatic heterocycles. The molecule has 0 unspecified atom stereocenters. The Bertz CT molecular complexity index is 369. The topological polar surface area (TPSA) is 54.5 Å². The average molecular weight is 166 g/mol. The number of nitrogens with one attached hydrogen (secondary N) is 1. The third-order valence-corrected chi connectivity index (χ3v) is 2.08. The molecule has 2 heterocycles. The molecule has 2 aromatic rings. The van der Waals surface area contributed by atoms with E-state index in [-0.39, 0.29) is 0 Å². The summed E-state index contributed by atoms with van der Waals surface area (Å²) in [5.41, 5.74) is 1.71. The summed E-state index contributed by atoms with van der Waals surface area (Å²) in [6.45, 7) is 0. The second kappa shape index (κ2) is 2.50. The quantitative estimate of drug-likeness (QED) is 0.644. The van der Waals surface area contributed by atoms with Crippen LogP contribution in [-0.2, 0) is 0 Å². The molecule has 0 radical (unpaired) electrons. The molecule has 0 atom stereocenters. The van der Waals surface area contributed by atoms with Crippen LogP contribution in [0.4, 0.5) is 0 Å². The Morgan fingerprint density at radius 3 is 3.18 bits per heavy atom. The number of rotatable bonds is 1. The van der Waals surface area contributed by atoms with Crippen LogP contribution >= 0.6 is 11.8 Å². The first kappa shape index (κ1) is 6.60. The van der Waals surface area contributed by atoms with Crippen molar-refractivity contribution < 1.29 is 0 Å². The Morgan fingerprint density at radius 2 is 2.36 bits per heavy atom. The Kier molecular flexibility index (Phi) is 1.50. The number of H-pyrrole nitrogens is 1. The Hall–Kier alpha value is -1.10. The van der Waals surface area contributed by atoms with E-state index in [2.05, 4.69) is 20.4 Å². The van der Waals surface area contributed by atoms with Gasteiger partial charge in [-0.15, -0.1) is 11.8 Å². The number of fused-ring (bicyclic) bond motifs is 1. The number of aromatic amines is 1. The highest BCUT2D eigenvalue weighted by Crippen LogP contribution is 2.18. The van der Waals surface area contributed by atoms with Gasteiger partial charge in [-0.2, -0.15) is 15.4 Å². The van der Waals surface area contributed by atoms with Crippen molar-refractivity contribution in [3.05, 3.63) is 12.3 Å². The van der Waals surface area contributed by atoms with Crippen LogP contribution in [0.5, 0.6) is 0 Å². The molecule has 56 valence electrons. The van der Waals surface area contributed by atoms with Crippen molar-refractivity contribution in [2.75, 3.05) is 6.26 Å². The summed E-state index contributed by atoms with van der Waals surface area (Å²) in [7, 11) is 0. The van der Waals surface area contributed by atoms with E-state index in [4.69, 9.17) is 0 Å². The van der Waals surface area contributed by atoms with Gasteiger partial charge in [-0.05, 0) is 12.3 Å². The number of hydrogen-bond donors (Lipinski definition) is 1. The van der Waals surface area contributed by atoms with Crippen LogP contribution in [-0.4, -0.2) is 26.7 Å². The van der Waals surface area contributed by atoms with Crippen LogP contribution in [0.15, 0.2) is 17.3 Å². The number of hydrogen-bond acceptors (Lipinski definition) is 4. The van der Waals surface area contributed by atoms with Crippen molar-refractivity contribution >= 4 is 22.8 Å². The molecular formula is C6H6N4S. The summed E-state index contributed by atoms with van der Waals surface area (Å²) in [6.07, 6.45) is 3.70. The summed E-state index contributed by atoms with van der Waals surface area (Å²) < 4.78 is 0. The summed E-state index contributed by atoms with van der Waals surface area (Å²) in [5, 5.41) is 11.4. The molecule has 2 rings (SSSR count). The van der Waals surface area contributed by atoms with Crippen LogP contribution in [0.2, 0.25) is 0 Å². The van der Waals surface area contributed by atoms with Crippen molar-refractivity contribution in [2.45, 2.75) is 5.03 Å². The maximum atomic E-state index is 4.14. The normalized spacial score (nSPS) is 10.6. The minimum atomic E-state index is 0.847. The summed E-state index contributed by atoms with van der Waals surface area (Å²) >= 11 is 1.57. The molecular weight excluding hydrogens is 160 g/mol. The Balaban J connectivity index is 2.79. The largest absolute Gasteiger partial charge is 0.247 e. The Labute approximate surface area is 67.4 Å². The molecule has 0 fully saturated rings. The first-order valence-corrected chi connectivity index (χ1v) is 4.34. The fourth-order valence-electron chi connectivity index (χ4n) is 0.899. The van der Waals surface area contributed by atoms with Crippen molar-refractivity contribution in [3.63, 3.8) is 0 Å². The molecule has 11 heavy (non-hydrogen) atoms. The molecule has 4 nitrogen and oxygen atoms in total. The fraction of sp³-hybridized carbons (Fsp3) is 0.167. The number of thioether (sulfide) groups is 1. The summed E-state index contributed by atoms with van der Waals surface area (Å²) in [5.74, 6) is 0. The zero-order valence-corrected chi connectivity index (χ0v) is 6.72. The third kappa shape index (κ3) is 0.970. The van der Waals surface area contributed by atoms with Crippen LogP contribution in [0.1, 0.15) is 0 Å². The molecule has 0 saturated carbocycles. The molecule has 0 aromatic carbocycles. The van der Waals surface area contributed by atoms with E-state index in [0.717, 1.165) is 16.1 Å². The molecule has 0 amide bonds. The van der Waals surface area contributed by atoms with E-state index in [1.165, 1.54) is 0 Å². The fourth-order valence-corrected chi connectivity index (χ4v) is 1.41. The van der Waals surface area contributed by atoms with Gasteiger partial charge in [-0.3, -0.25) is 0 Å². The van der Waals surface area contributed by atoms with E-state index in [0.29, 0.717) is 0 Å². The first-order valence-electron chi connectivity index (χ1n) is 3.11. The van der Waals surface area contributed by atoms with Crippen molar-refractivity contribution in [1.29, 1.82) is 0 Å². The van der Waals surface area contributed by atoms with Crippen LogP contribution in [0.3, 0.4) is 0 Å². The van der Waals surface area contributed by atoms with Gasteiger partial charge in [0.1, 0.15) is 16.1 Å². The maximum absolute atomic E-state index is 4.14. The van der Waals surface area contributed by atoms with E-state index in [9.17, 15) is 0 Å². The highest BCUT2D eigenvalue weighted by molar-refractivity contribution is 7.98. The average Bonchev–Trinajstić information content (AvgIpc) is 2.50. The van der Waals surface area contributed by atoms with Crippen LogP contribution in [0.25, 0.3) is 11.0 Å². The smallest absolute Gasteiger partial charge is 0.145 e. The molecule has 0 aliphatic heterocycles. The molecule has 0 spiro atoms. The minimum Gasteiger partial charge on any atom is -0.247 e. The lowest BCUT2D eigenvalue weighted by Gasteiger charge is -1.91. The van der Waals surface area contributed by atoms with Crippen LogP contribution < -0.4 is 0 Å². The molecule has 1 N–H and O–H groups in total. The van der Waals surface area contributed by atoms with Crippen molar-refractivity contribution in [1.82, 2.24) is 20.4 Å². The van der Waals surface area contributed by atoms with E-state index < -0.39 is 0 Å². The SMILES string of the molecule is CSc1nccc2n[nH]nc12. The monoisotopic (exact) mass is 166 g/mol. The van der Waals surface area contributed by atoms with Gasteiger partial charge in [-0.25, -0.2) is 4.98 Å². The molecule has 0 aliphatic rings. The highest BCUT2D eigenvalue weighted by atomic mass is 32.2. The van der Waals surface area contributed by atoms with Crippen molar-refractivity contribution in [2.24, 2.45) is 0 Å². The van der Waals surface area contributed by atoms with Gasteiger partial charge in [-0.1, -0.05) is 0 Å². The van der Waals surface area contributed by atoms with Crippen LogP contribution in [0, 0.1) is 0 Å². The van der Waals surface area contributed by atoms with Gasteiger partial charge in [0.25, 0.3) is 0 Å². The zero-order valence-electron chi connectivity index (χ0n) is 5.90. The van der Waals surface area contributed by atoms with Crippen molar-refractivity contribution in [3.8, 4) is 0 Å². The second-order valence-electron chi connectivity index (χ2n) is 2.01. The second-order valence-corrected chi connectivity index (χ2v) is 2.81. The number of aromatic nitrogens is 4. The van der Waals surface area contributed by atoms with E-state index in [1.54, 1.807) is 18.0 Å². The predicted molar refractivity (Wildman–Crippen MR) is 43.5 cm³/mol. The molecule has 5 heteroatoms. The molecule has 0 bridgehead atoms. The van der Waals surface area contributed by atoms with Gasteiger partial charge >= 0.3 is 0 Å².